The summed E-state index contributed by atoms with van der Waals surface area (Å²) in [6, 6.07) is 3.91. The van der Waals surface area contributed by atoms with E-state index < -0.39 is 11.9 Å². The molecule has 0 saturated carbocycles. The van der Waals surface area contributed by atoms with Crippen LogP contribution in [0.15, 0.2) is 22.7 Å². The monoisotopic (exact) mass is 233 g/mol. The fourth-order valence-corrected chi connectivity index (χ4v) is 1.59. The predicted octanol–water partition coefficient (Wildman–Crippen LogP) is 1.58. The molecule has 1 rings (SSSR count). The Balaban J connectivity index is 3.12. The van der Waals surface area contributed by atoms with Gasteiger partial charge in [0.25, 0.3) is 0 Å². The van der Waals surface area contributed by atoms with Gasteiger partial charge in [0.2, 0.25) is 0 Å². The molecule has 1 unspecified atom stereocenters. The highest BCUT2D eigenvalue weighted by Crippen LogP contribution is 2.24. The number of hydrogen-bond acceptors (Lipinski definition) is 2. The molecule has 0 saturated heterocycles. The zero-order valence-electron chi connectivity index (χ0n) is 6.30. The average Bonchev–Trinajstić information content (AvgIpc) is 2.03. The summed E-state index contributed by atoms with van der Waals surface area (Å²) in [5.41, 5.74) is 5.80. The highest BCUT2D eigenvalue weighted by atomic mass is 79.9. The number of benzene rings is 1. The van der Waals surface area contributed by atoms with E-state index in [0.29, 0.717) is 10.0 Å². The molecule has 4 heteroatoms. The highest BCUT2D eigenvalue weighted by Gasteiger charge is 2.13. The summed E-state index contributed by atoms with van der Waals surface area (Å²) in [6.07, 6.45) is 0. The molecule has 0 aliphatic heterocycles. The summed E-state index contributed by atoms with van der Waals surface area (Å²) in [5.74, 6) is -0.397. The van der Waals surface area contributed by atoms with Crippen molar-refractivity contribution in [2.75, 3.05) is 6.61 Å². The first-order valence-corrected chi connectivity index (χ1v) is 4.26. The van der Waals surface area contributed by atoms with Crippen molar-refractivity contribution < 1.29 is 9.50 Å². The summed E-state index contributed by atoms with van der Waals surface area (Å²) in [4.78, 5) is 0. The largest absolute Gasteiger partial charge is 0.394 e. The Bertz CT molecular complexity index is 260. The van der Waals surface area contributed by atoms with E-state index in [0.717, 1.165) is 0 Å². The molecule has 0 spiro atoms. The van der Waals surface area contributed by atoms with Crippen LogP contribution < -0.4 is 5.73 Å². The van der Waals surface area contributed by atoms with Crippen LogP contribution in [0.25, 0.3) is 0 Å². The molecule has 1 aromatic carbocycles. The second kappa shape index (κ2) is 3.98. The van der Waals surface area contributed by atoms with Gasteiger partial charge in [0.1, 0.15) is 5.82 Å². The molecule has 0 aromatic heterocycles. The summed E-state index contributed by atoms with van der Waals surface area (Å²) in [6.45, 7) is -0.264. The third-order valence-electron chi connectivity index (χ3n) is 1.57. The summed E-state index contributed by atoms with van der Waals surface area (Å²) in [5, 5.41) is 8.72. The van der Waals surface area contributed by atoms with E-state index in [9.17, 15) is 4.39 Å². The first-order chi connectivity index (χ1) is 5.66. The van der Waals surface area contributed by atoms with Gasteiger partial charge in [-0.15, -0.1) is 0 Å². The van der Waals surface area contributed by atoms with E-state index in [-0.39, 0.29) is 6.61 Å². The molecule has 2 nitrogen and oxygen atoms in total. The van der Waals surface area contributed by atoms with Crippen LogP contribution in [0, 0.1) is 5.82 Å². The van der Waals surface area contributed by atoms with Crippen molar-refractivity contribution in [3.05, 3.63) is 34.1 Å². The Kier molecular flexibility index (Phi) is 3.20. The maximum atomic E-state index is 13.1. The van der Waals surface area contributed by atoms with Gasteiger partial charge in [0, 0.05) is 10.0 Å². The van der Waals surface area contributed by atoms with E-state index in [4.69, 9.17) is 10.8 Å². The first-order valence-electron chi connectivity index (χ1n) is 3.47. The smallest absolute Gasteiger partial charge is 0.129 e. The molecule has 0 heterocycles. The number of halogens is 2. The Labute approximate surface area is 78.3 Å². The third-order valence-corrected chi connectivity index (χ3v) is 2.26. The van der Waals surface area contributed by atoms with Crippen molar-refractivity contribution in [1.29, 1.82) is 0 Å². The third kappa shape index (κ3) is 1.83. The molecule has 0 fully saturated rings. The fraction of sp³-hybridized carbons (Fsp3) is 0.250. The van der Waals surface area contributed by atoms with Gasteiger partial charge in [-0.05, 0) is 12.1 Å². The quantitative estimate of drug-likeness (QED) is 0.815. The number of hydrogen-bond donors (Lipinski definition) is 2. The Morgan fingerprint density at radius 3 is 2.75 bits per heavy atom. The minimum absolute atomic E-state index is 0.264. The van der Waals surface area contributed by atoms with Crippen LogP contribution in [0.1, 0.15) is 11.6 Å². The maximum absolute atomic E-state index is 13.1. The van der Waals surface area contributed by atoms with Gasteiger partial charge in [-0.25, -0.2) is 4.39 Å². The van der Waals surface area contributed by atoms with Crippen LogP contribution in [0.4, 0.5) is 4.39 Å². The highest BCUT2D eigenvalue weighted by molar-refractivity contribution is 9.10. The van der Waals surface area contributed by atoms with Gasteiger partial charge in [-0.2, -0.15) is 0 Å². The van der Waals surface area contributed by atoms with Crippen molar-refractivity contribution >= 4 is 15.9 Å². The molecule has 0 aliphatic carbocycles. The molecule has 1 aromatic rings. The van der Waals surface area contributed by atoms with Crippen molar-refractivity contribution in [1.82, 2.24) is 0 Å². The van der Waals surface area contributed by atoms with Crippen LogP contribution in [0.3, 0.4) is 0 Å². The second-order valence-corrected chi connectivity index (χ2v) is 3.28. The number of aliphatic hydroxyl groups is 1. The molecule has 0 bridgehead atoms. The molecule has 12 heavy (non-hydrogen) atoms. The summed E-state index contributed by atoms with van der Waals surface area (Å²) >= 11 is 3.16. The van der Waals surface area contributed by atoms with E-state index >= 15 is 0 Å². The van der Waals surface area contributed by atoms with Crippen molar-refractivity contribution in [2.45, 2.75) is 6.04 Å². The van der Waals surface area contributed by atoms with Crippen molar-refractivity contribution in [3.63, 3.8) is 0 Å². The number of rotatable bonds is 2. The lowest BCUT2D eigenvalue weighted by Gasteiger charge is -2.11. The molecule has 66 valence electrons. The van der Waals surface area contributed by atoms with Crippen molar-refractivity contribution in [2.24, 2.45) is 5.73 Å². The predicted molar refractivity (Wildman–Crippen MR) is 48.1 cm³/mol. The minimum atomic E-state index is -0.666. The normalized spacial score (nSPS) is 13.0. The lowest BCUT2D eigenvalue weighted by Crippen LogP contribution is -2.16. The zero-order chi connectivity index (χ0) is 9.14. The van der Waals surface area contributed by atoms with Gasteiger partial charge in [0.15, 0.2) is 0 Å². The standard InChI is InChI=1S/C8H9BrFNO/c9-5-2-1-3-6(10)8(5)7(11)4-12/h1-3,7,12H,4,11H2. The summed E-state index contributed by atoms with van der Waals surface area (Å²) in [7, 11) is 0. The Hall–Kier alpha value is -0.450. The van der Waals surface area contributed by atoms with Crippen LogP contribution in [-0.4, -0.2) is 11.7 Å². The van der Waals surface area contributed by atoms with Crippen LogP contribution in [0.5, 0.6) is 0 Å². The van der Waals surface area contributed by atoms with Gasteiger partial charge in [-0.3, -0.25) is 0 Å². The van der Waals surface area contributed by atoms with Gasteiger partial charge >= 0.3 is 0 Å². The van der Waals surface area contributed by atoms with E-state index in [1.54, 1.807) is 12.1 Å². The SMILES string of the molecule is NC(CO)c1c(F)cccc1Br. The van der Waals surface area contributed by atoms with E-state index in [1.807, 2.05) is 0 Å². The molecule has 0 amide bonds. The lowest BCUT2D eigenvalue weighted by molar-refractivity contribution is 0.265. The Morgan fingerprint density at radius 1 is 1.58 bits per heavy atom. The van der Waals surface area contributed by atoms with E-state index in [1.165, 1.54) is 6.07 Å². The average molecular weight is 234 g/mol. The van der Waals surface area contributed by atoms with Gasteiger partial charge < -0.3 is 10.8 Å². The number of nitrogens with two attached hydrogens (primary N) is 1. The molecular formula is C8H9BrFNO. The van der Waals surface area contributed by atoms with Gasteiger partial charge in [0.05, 0.1) is 12.6 Å². The minimum Gasteiger partial charge on any atom is -0.394 e. The van der Waals surface area contributed by atoms with Crippen LogP contribution >= 0.6 is 15.9 Å². The van der Waals surface area contributed by atoms with Crippen LogP contribution in [0.2, 0.25) is 0 Å². The topological polar surface area (TPSA) is 46.2 Å². The second-order valence-electron chi connectivity index (χ2n) is 2.42. The summed E-state index contributed by atoms with van der Waals surface area (Å²) < 4.78 is 13.7. The zero-order valence-corrected chi connectivity index (χ0v) is 7.88. The molecule has 3 N–H and O–H groups in total. The maximum Gasteiger partial charge on any atom is 0.129 e. The van der Waals surface area contributed by atoms with Crippen molar-refractivity contribution in [3.8, 4) is 0 Å². The molecular weight excluding hydrogens is 225 g/mol. The molecule has 0 aliphatic rings. The molecule has 0 radical (unpaired) electrons. The Morgan fingerprint density at radius 2 is 2.25 bits per heavy atom. The van der Waals surface area contributed by atoms with Crippen LogP contribution in [-0.2, 0) is 0 Å². The van der Waals surface area contributed by atoms with Gasteiger partial charge in [-0.1, -0.05) is 22.0 Å². The lowest BCUT2D eigenvalue weighted by atomic mass is 10.1. The van der Waals surface area contributed by atoms with E-state index in [2.05, 4.69) is 15.9 Å². The first kappa shape index (κ1) is 9.64. The molecule has 1 atom stereocenters. The fourth-order valence-electron chi connectivity index (χ4n) is 0.956. The number of aliphatic hydroxyl groups excluding tert-OH is 1.